The predicted molar refractivity (Wildman–Crippen MR) is 118 cm³/mol. The van der Waals surface area contributed by atoms with E-state index in [0.717, 1.165) is 41.0 Å². The van der Waals surface area contributed by atoms with E-state index >= 15 is 0 Å². The lowest BCUT2D eigenvalue weighted by molar-refractivity contribution is 0.372. The number of nitrogens with one attached hydrogen (secondary N) is 2. The number of rotatable bonds is 6. The zero-order valence-corrected chi connectivity index (χ0v) is 18.5. The van der Waals surface area contributed by atoms with E-state index in [9.17, 15) is 0 Å². The summed E-state index contributed by atoms with van der Waals surface area (Å²) in [6, 6.07) is 8.06. The van der Waals surface area contributed by atoms with Gasteiger partial charge >= 0.3 is 0 Å². The van der Waals surface area contributed by atoms with Gasteiger partial charge < -0.3 is 19.6 Å². The largest absolute Gasteiger partial charge is 0.359 e. The van der Waals surface area contributed by atoms with Gasteiger partial charge in [0.05, 0.1) is 24.5 Å². The number of hydrogen-bond donors (Lipinski definition) is 2. The Morgan fingerprint density at radius 3 is 2.78 bits per heavy atom. The van der Waals surface area contributed by atoms with Crippen molar-refractivity contribution in [2.24, 2.45) is 4.99 Å². The molecule has 0 atom stereocenters. The molecule has 0 aromatic carbocycles. The van der Waals surface area contributed by atoms with Crippen molar-refractivity contribution < 1.29 is 4.52 Å². The normalized spacial score (nSPS) is 11.7. The average Bonchev–Trinajstić information content (AvgIpc) is 3.25. The van der Waals surface area contributed by atoms with Crippen LogP contribution in [0.25, 0.3) is 5.65 Å². The molecule has 0 bridgehead atoms. The van der Waals surface area contributed by atoms with Crippen LogP contribution in [-0.2, 0) is 13.1 Å². The molecular weight excluding hydrogens is 455 g/mol. The van der Waals surface area contributed by atoms with Crippen LogP contribution >= 0.6 is 24.0 Å². The molecule has 3 rings (SSSR count). The van der Waals surface area contributed by atoms with Crippen LogP contribution in [0.5, 0.6) is 0 Å². The van der Waals surface area contributed by atoms with Gasteiger partial charge in [-0.25, -0.2) is 9.98 Å². The van der Waals surface area contributed by atoms with Gasteiger partial charge in [0.2, 0.25) is 0 Å². The molecule has 0 amide bonds. The second-order valence-corrected chi connectivity index (χ2v) is 6.55. The quantitative estimate of drug-likeness (QED) is 0.319. The maximum atomic E-state index is 5.36. The number of hydrogen-bond acceptors (Lipinski definition) is 4. The minimum atomic E-state index is 0. The van der Waals surface area contributed by atoms with Gasteiger partial charge in [-0.05, 0) is 31.9 Å². The van der Waals surface area contributed by atoms with Crippen molar-refractivity contribution in [3.63, 3.8) is 0 Å². The minimum Gasteiger partial charge on any atom is -0.359 e. The summed E-state index contributed by atoms with van der Waals surface area (Å²) in [5.74, 6) is 1.87. The topological polar surface area (TPSA) is 79.8 Å². The first-order valence-corrected chi connectivity index (χ1v) is 8.98. The van der Waals surface area contributed by atoms with Crippen LogP contribution in [0, 0.1) is 6.92 Å². The molecule has 3 aromatic rings. The summed E-state index contributed by atoms with van der Waals surface area (Å²) < 4.78 is 7.44. The van der Waals surface area contributed by atoms with E-state index in [1.807, 2.05) is 31.3 Å². The summed E-state index contributed by atoms with van der Waals surface area (Å²) in [5, 5.41) is 10.6. The minimum absolute atomic E-state index is 0. The molecule has 146 valence electrons. The number of halogens is 1. The number of aliphatic imine (C=N–C) groups is 1. The molecule has 0 saturated heterocycles. The van der Waals surface area contributed by atoms with Gasteiger partial charge in [-0.2, -0.15) is 0 Å². The SMILES string of the molecule is CCNC(=NCc1cn2c(C)cccc2n1)NCc1cc(C(C)C)no1.I. The molecule has 0 aliphatic carbocycles. The smallest absolute Gasteiger partial charge is 0.192 e. The second-order valence-electron chi connectivity index (χ2n) is 6.55. The molecule has 0 fully saturated rings. The van der Waals surface area contributed by atoms with Crippen molar-refractivity contribution in [1.29, 1.82) is 0 Å². The van der Waals surface area contributed by atoms with Gasteiger partial charge in [0.15, 0.2) is 11.7 Å². The standard InChI is InChI=1S/C19H26N6O.HI/c1-5-20-19(22-11-16-9-17(13(2)3)24-26-16)21-10-15-12-25-14(4)7-6-8-18(25)23-15;/h6-9,12-13H,5,10-11H2,1-4H3,(H2,20,21,22);1H. The molecule has 7 nitrogen and oxygen atoms in total. The zero-order valence-electron chi connectivity index (χ0n) is 16.2. The van der Waals surface area contributed by atoms with E-state index < -0.39 is 0 Å². The monoisotopic (exact) mass is 482 g/mol. The Hall–Kier alpha value is -2.10. The summed E-state index contributed by atoms with van der Waals surface area (Å²) in [7, 11) is 0. The van der Waals surface area contributed by atoms with Crippen molar-refractivity contribution in [2.45, 2.75) is 46.7 Å². The van der Waals surface area contributed by atoms with Crippen LogP contribution < -0.4 is 10.6 Å². The number of imidazole rings is 1. The fourth-order valence-electron chi connectivity index (χ4n) is 2.63. The molecule has 2 N–H and O–H groups in total. The second kappa shape index (κ2) is 9.72. The van der Waals surface area contributed by atoms with Gasteiger partial charge in [-0.1, -0.05) is 25.1 Å². The first-order valence-electron chi connectivity index (χ1n) is 8.98. The Bertz CT molecular complexity index is 899. The van der Waals surface area contributed by atoms with Crippen LogP contribution in [0.4, 0.5) is 0 Å². The highest BCUT2D eigenvalue weighted by Crippen LogP contribution is 2.13. The molecule has 0 saturated carbocycles. The maximum Gasteiger partial charge on any atom is 0.192 e. The number of pyridine rings is 1. The van der Waals surface area contributed by atoms with Gasteiger partial charge in [0.25, 0.3) is 0 Å². The Kier molecular flexibility index (Phi) is 7.64. The molecule has 0 unspecified atom stereocenters. The molecule has 27 heavy (non-hydrogen) atoms. The van der Waals surface area contributed by atoms with Gasteiger partial charge in [0.1, 0.15) is 5.65 Å². The first kappa shape index (κ1) is 21.2. The van der Waals surface area contributed by atoms with Gasteiger partial charge in [0, 0.05) is 24.5 Å². The van der Waals surface area contributed by atoms with Gasteiger partial charge in [-0.3, -0.25) is 0 Å². The van der Waals surface area contributed by atoms with E-state index in [1.54, 1.807) is 0 Å². The fraction of sp³-hybridized carbons (Fsp3) is 0.421. The van der Waals surface area contributed by atoms with Crippen LogP contribution in [0.3, 0.4) is 0 Å². The maximum absolute atomic E-state index is 5.36. The van der Waals surface area contributed by atoms with Crippen LogP contribution in [0.1, 0.15) is 49.5 Å². The lowest BCUT2D eigenvalue weighted by atomic mass is 10.1. The molecule has 0 aliphatic rings. The molecule has 0 aliphatic heterocycles. The van der Waals surface area contributed by atoms with Crippen molar-refractivity contribution in [3.8, 4) is 0 Å². The Morgan fingerprint density at radius 2 is 2.11 bits per heavy atom. The van der Waals surface area contributed by atoms with Crippen molar-refractivity contribution in [3.05, 3.63) is 53.3 Å². The number of nitrogens with zero attached hydrogens (tertiary/aromatic N) is 4. The molecule has 0 spiro atoms. The Morgan fingerprint density at radius 1 is 1.30 bits per heavy atom. The summed E-state index contributed by atoms with van der Waals surface area (Å²) in [5.41, 5.74) is 3.99. The summed E-state index contributed by atoms with van der Waals surface area (Å²) in [4.78, 5) is 9.24. The van der Waals surface area contributed by atoms with Crippen molar-refractivity contribution in [1.82, 2.24) is 25.2 Å². The van der Waals surface area contributed by atoms with Gasteiger partial charge in [-0.15, -0.1) is 24.0 Å². The Labute approximate surface area is 176 Å². The van der Waals surface area contributed by atoms with Crippen LogP contribution in [-0.4, -0.2) is 27.0 Å². The molecule has 8 heteroatoms. The summed E-state index contributed by atoms with van der Waals surface area (Å²) >= 11 is 0. The first-order chi connectivity index (χ1) is 12.6. The molecule has 0 radical (unpaired) electrons. The summed E-state index contributed by atoms with van der Waals surface area (Å²) in [6.45, 7) is 10.1. The highest BCUT2D eigenvalue weighted by atomic mass is 127. The average molecular weight is 482 g/mol. The van der Waals surface area contributed by atoms with Crippen LogP contribution in [0.15, 0.2) is 40.0 Å². The van der Waals surface area contributed by atoms with Crippen molar-refractivity contribution >= 4 is 35.6 Å². The van der Waals surface area contributed by atoms with E-state index in [0.29, 0.717) is 19.0 Å². The third-order valence-corrected chi connectivity index (χ3v) is 4.09. The van der Waals surface area contributed by atoms with E-state index in [4.69, 9.17) is 4.52 Å². The fourth-order valence-corrected chi connectivity index (χ4v) is 2.63. The molecular formula is C19H27IN6O. The number of guanidine groups is 1. The lowest BCUT2D eigenvalue weighted by Crippen LogP contribution is -2.36. The number of aromatic nitrogens is 3. The van der Waals surface area contributed by atoms with Crippen molar-refractivity contribution in [2.75, 3.05) is 6.54 Å². The zero-order chi connectivity index (χ0) is 18.5. The number of aryl methyl sites for hydroxylation is 1. The summed E-state index contributed by atoms with van der Waals surface area (Å²) in [6.07, 6.45) is 2.03. The van der Waals surface area contributed by atoms with Crippen LogP contribution in [0.2, 0.25) is 0 Å². The molecule has 3 heterocycles. The van der Waals surface area contributed by atoms with E-state index in [1.165, 1.54) is 0 Å². The predicted octanol–water partition coefficient (Wildman–Crippen LogP) is 3.63. The third kappa shape index (κ3) is 5.44. The van der Waals surface area contributed by atoms with E-state index in [2.05, 4.69) is 57.0 Å². The number of fused-ring (bicyclic) bond motifs is 1. The van der Waals surface area contributed by atoms with E-state index in [-0.39, 0.29) is 24.0 Å². The lowest BCUT2D eigenvalue weighted by Gasteiger charge is -2.09. The Balaban J connectivity index is 0.00000261. The molecule has 3 aromatic heterocycles. The highest BCUT2D eigenvalue weighted by Gasteiger charge is 2.08. The highest BCUT2D eigenvalue weighted by molar-refractivity contribution is 14.0. The third-order valence-electron chi connectivity index (χ3n) is 4.09.